The number of carbonyl (C=O) groups is 1. The standard InChI is InChI=1S/C22H24N4O2/c1-15-8-7-11-19(12-15)26-21(18-9-5-4-6-10-18)23-20(24-26)22(27)25-13-16(2)28-17(3)14-25/h4-12,16-17H,13-14H2,1-3H3. The minimum Gasteiger partial charge on any atom is -0.372 e. The summed E-state index contributed by atoms with van der Waals surface area (Å²) in [5.74, 6) is 0.705. The molecule has 6 nitrogen and oxygen atoms in total. The summed E-state index contributed by atoms with van der Waals surface area (Å²) in [6.07, 6.45) is 0.000282. The van der Waals surface area contributed by atoms with Gasteiger partial charge in [0.05, 0.1) is 17.9 Å². The molecule has 0 radical (unpaired) electrons. The molecule has 0 aliphatic carbocycles. The minimum absolute atomic E-state index is 0.000141. The van der Waals surface area contributed by atoms with Crippen LogP contribution >= 0.6 is 0 Å². The molecule has 1 aromatic heterocycles. The van der Waals surface area contributed by atoms with Crippen LogP contribution in [-0.4, -0.2) is 50.9 Å². The van der Waals surface area contributed by atoms with Crippen LogP contribution in [0, 0.1) is 6.92 Å². The van der Waals surface area contributed by atoms with Crippen LogP contribution in [0.3, 0.4) is 0 Å². The molecule has 0 N–H and O–H groups in total. The molecule has 28 heavy (non-hydrogen) atoms. The van der Waals surface area contributed by atoms with Crippen molar-refractivity contribution in [2.45, 2.75) is 33.0 Å². The zero-order valence-corrected chi connectivity index (χ0v) is 16.4. The third-order valence-electron chi connectivity index (χ3n) is 4.78. The Kier molecular flexibility index (Phi) is 4.96. The second-order valence-corrected chi connectivity index (χ2v) is 7.34. The first kappa shape index (κ1) is 18.4. The Balaban J connectivity index is 1.76. The summed E-state index contributed by atoms with van der Waals surface area (Å²) in [4.78, 5) is 19.5. The van der Waals surface area contributed by atoms with Crippen LogP contribution < -0.4 is 0 Å². The van der Waals surface area contributed by atoms with Crippen LogP contribution in [0.1, 0.15) is 30.0 Å². The number of benzene rings is 2. The number of morpholine rings is 1. The van der Waals surface area contributed by atoms with Crippen molar-refractivity contribution in [1.29, 1.82) is 0 Å². The van der Waals surface area contributed by atoms with Crippen molar-refractivity contribution in [3.05, 3.63) is 66.0 Å². The highest BCUT2D eigenvalue weighted by molar-refractivity contribution is 5.91. The second kappa shape index (κ2) is 7.56. The smallest absolute Gasteiger partial charge is 0.293 e. The molecule has 2 atom stereocenters. The topological polar surface area (TPSA) is 60.2 Å². The van der Waals surface area contributed by atoms with Crippen LogP contribution in [0.4, 0.5) is 0 Å². The van der Waals surface area contributed by atoms with E-state index in [2.05, 4.69) is 10.1 Å². The molecule has 1 saturated heterocycles. The number of aryl methyl sites for hydroxylation is 1. The van der Waals surface area contributed by atoms with Gasteiger partial charge in [-0.05, 0) is 38.5 Å². The largest absolute Gasteiger partial charge is 0.372 e. The van der Waals surface area contributed by atoms with Crippen molar-refractivity contribution in [1.82, 2.24) is 19.7 Å². The number of carbonyl (C=O) groups excluding carboxylic acids is 1. The Hall–Kier alpha value is -2.99. The Bertz CT molecular complexity index is 973. The summed E-state index contributed by atoms with van der Waals surface area (Å²) < 4.78 is 7.50. The van der Waals surface area contributed by atoms with Gasteiger partial charge in [-0.25, -0.2) is 9.67 Å². The molecular formula is C22H24N4O2. The number of aromatic nitrogens is 3. The van der Waals surface area contributed by atoms with E-state index in [1.54, 1.807) is 9.58 Å². The summed E-state index contributed by atoms with van der Waals surface area (Å²) in [5.41, 5.74) is 2.92. The maximum Gasteiger partial charge on any atom is 0.293 e. The predicted molar refractivity (Wildman–Crippen MR) is 107 cm³/mol. The lowest BCUT2D eigenvalue weighted by Gasteiger charge is -2.34. The molecule has 0 bridgehead atoms. The predicted octanol–water partition coefficient (Wildman–Crippen LogP) is 3.49. The van der Waals surface area contributed by atoms with Gasteiger partial charge in [0.15, 0.2) is 5.82 Å². The Morgan fingerprint density at radius 2 is 1.75 bits per heavy atom. The average molecular weight is 376 g/mol. The van der Waals surface area contributed by atoms with Crippen LogP contribution in [0.5, 0.6) is 0 Å². The first-order valence-corrected chi connectivity index (χ1v) is 9.55. The third-order valence-corrected chi connectivity index (χ3v) is 4.78. The lowest BCUT2D eigenvalue weighted by molar-refractivity contribution is -0.0588. The Labute approximate surface area is 164 Å². The van der Waals surface area contributed by atoms with Crippen LogP contribution in [0.15, 0.2) is 54.6 Å². The molecule has 1 amide bonds. The lowest BCUT2D eigenvalue weighted by atomic mass is 10.2. The van der Waals surface area contributed by atoms with Crippen molar-refractivity contribution < 1.29 is 9.53 Å². The number of hydrogen-bond donors (Lipinski definition) is 0. The number of amides is 1. The molecule has 6 heteroatoms. The molecule has 1 aliphatic heterocycles. The van der Waals surface area contributed by atoms with Gasteiger partial charge in [0.25, 0.3) is 5.91 Å². The van der Waals surface area contributed by atoms with Crippen LogP contribution in [0.2, 0.25) is 0 Å². The van der Waals surface area contributed by atoms with Crippen LogP contribution in [0.25, 0.3) is 17.1 Å². The normalized spacial score (nSPS) is 19.6. The van der Waals surface area contributed by atoms with Crippen molar-refractivity contribution in [2.75, 3.05) is 13.1 Å². The van der Waals surface area contributed by atoms with E-state index in [0.29, 0.717) is 18.9 Å². The monoisotopic (exact) mass is 376 g/mol. The van der Waals surface area contributed by atoms with Gasteiger partial charge >= 0.3 is 0 Å². The summed E-state index contributed by atoms with van der Waals surface area (Å²) in [5, 5.41) is 4.60. The van der Waals surface area contributed by atoms with Crippen molar-refractivity contribution in [3.8, 4) is 17.1 Å². The van der Waals surface area contributed by atoms with E-state index >= 15 is 0 Å². The molecular weight excluding hydrogens is 352 g/mol. The molecule has 2 unspecified atom stereocenters. The summed E-state index contributed by atoms with van der Waals surface area (Å²) in [6.45, 7) is 7.07. The Morgan fingerprint density at radius 3 is 2.43 bits per heavy atom. The SMILES string of the molecule is Cc1cccc(-n2nc(C(=O)N3CC(C)OC(C)C3)nc2-c2ccccc2)c1. The molecule has 3 aromatic rings. The van der Waals surface area contributed by atoms with Crippen molar-refractivity contribution >= 4 is 5.91 Å². The first-order chi connectivity index (χ1) is 13.5. The lowest BCUT2D eigenvalue weighted by Crippen LogP contribution is -2.48. The van der Waals surface area contributed by atoms with Gasteiger partial charge in [-0.2, -0.15) is 0 Å². The zero-order chi connectivity index (χ0) is 19.7. The number of hydrogen-bond acceptors (Lipinski definition) is 4. The molecule has 1 aliphatic rings. The van der Waals surface area contributed by atoms with Gasteiger partial charge in [-0.3, -0.25) is 4.79 Å². The average Bonchev–Trinajstić information content (AvgIpc) is 3.13. The molecule has 2 aromatic carbocycles. The maximum atomic E-state index is 13.1. The van der Waals surface area contributed by atoms with E-state index in [-0.39, 0.29) is 23.9 Å². The fraction of sp³-hybridized carbons (Fsp3) is 0.318. The number of ether oxygens (including phenoxy) is 1. The molecule has 144 valence electrons. The molecule has 0 spiro atoms. The van der Waals surface area contributed by atoms with E-state index in [4.69, 9.17) is 4.74 Å². The van der Waals surface area contributed by atoms with Crippen LogP contribution in [-0.2, 0) is 4.74 Å². The van der Waals surface area contributed by atoms with E-state index in [1.165, 1.54) is 0 Å². The quantitative estimate of drug-likeness (QED) is 0.702. The summed E-state index contributed by atoms with van der Waals surface area (Å²) >= 11 is 0. The van der Waals surface area contributed by atoms with Crippen molar-refractivity contribution in [3.63, 3.8) is 0 Å². The summed E-state index contributed by atoms with van der Waals surface area (Å²) in [7, 11) is 0. The first-order valence-electron chi connectivity index (χ1n) is 9.55. The molecule has 2 heterocycles. The van der Waals surface area contributed by atoms with Crippen molar-refractivity contribution in [2.24, 2.45) is 0 Å². The van der Waals surface area contributed by atoms with Gasteiger partial charge in [0.2, 0.25) is 5.82 Å². The van der Waals surface area contributed by atoms with E-state index < -0.39 is 0 Å². The fourth-order valence-corrected chi connectivity index (χ4v) is 3.60. The highest BCUT2D eigenvalue weighted by Crippen LogP contribution is 2.23. The zero-order valence-electron chi connectivity index (χ0n) is 16.4. The molecule has 4 rings (SSSR count). The van der Waals surface area contributed by atoms with E-state index in [0.717, 1.165) is 16.8 Å². The molecule has 0 saturated carbocycles. The number of nitrogens with zero attached hydrogens (tertiary/aromatic N) is 4. The van der Waals surface area contributed by atoms with Gasteiger partial charge in [0.1, 0.15) is 0 Å². The van der Waals surface area contributed by atoms with Gasteiger partial charge in [-0.1, -0.05) is 42.5 Å². The summed E-state index contributed by atoms with van der Waals surface area (Å²) in [6, 6.07) is 17.8. The highest BCUT2D eigenvalue weighted by atomic mass is 16.5. The fourth-order valence-electron chi connectivity index (χ4n) is 3.60. The number of rotatable bonds is 3. The van der Waals surface area contributed by atoms with Gasteiger partial charge < -0.3 is 9.64 Å². The highest BCUT2D eigenvalue weighted by Gasteiger charge is 2.29. The molecule has 1 fully saturated rings. The Morgan fingerprint density at radius 1 is 1.04 bits per heavy atom. The minimum atomic E-state index is -0.161. The maximum absolute atomic E-state index is 13.1. The van der Waals surface area contributed by atoms with Gasteiger partial charge in [0, 0.05) is 18.7 Å². The van der Waals surface area contributed by atoms with E-state index in [9.17, 15) is 4.79 Å². The second-order valence-electron chi connectivity index (χ2n) is 7.34. The third kappa shape index (κ3) is 3.68. The van der Waals surface area contributed by atoms with E-state index in [1.807, 2.05) is 75.4 Å². The van der Waals surface area contributed by atoms with Gasteiger partial charge in [-0.15, -0.1) is 5.10 Å².